The minimum atomic E-state index is 0.168. The van der Waals surface area contributed by atoms with Gasteiger partial charge in [-0.3, -0.25) is 9.36 Å². The van der Waals surface area contributed by atoms with Gasteiger partial charge >= 0.3 is 0 Å². The van der Waals surface area contributed by atoms with Gasteiger partial charge in [0.15, 0.2) is 5.16 Å². The molecule has 1 aliphatic heterocycles. The zero-order valence-corrected chi connectivity index (χ0v) is 14.8. The molecule has 0 bridgehead atoms. The number of rotatable bonds is 5. The number of thioether (sulfide) groups is 1. The topological polar surface area (TPSA) is 60.2 Å². The number of amides is 1. The Balaban J connectivity index is 1.67. The molecule has 0 spiro atoms. The van der Waals surface area contributed by atoms with Crippen LogP contribution in [0.15, 0.2) is 35.7 Å². The van der Waals surface area contributed by atoms with Crippen molar-refractivity contribution in [2.45, 2.75) is 24.9 Å². The molecule has 128 valence electrons. The fourth-order valence-electron chi connectivity index (χ4n) is 2.79. The van der Waals surface area contributed by atoms with E-state index in [0.29, 0.717) is 10.9 Å². The zero-order valence-electron chi connectivity index (χ0n) is 14.0. The van der Waals surface area contributed by atoms with Crippen molar-refractivity contribution >= 4 is 17.7 Å². The van der Waals surface area contributed by atoms with Crippen LogP contribution in [0.5, 0.6) is 5.75 Å². The number of benzene rings is 1. The summed E-state index contributed by atoms with van der Waals surface area (Å²) in [5.74, 6) is 2.01. The van der Waals surface area contributed by atoms with E-state index in [1.54, 1.807) is 13.4 Å². The van der Waals surface area contributed by atoms with Crippen LogP contribution in [0.25, 0.3) is 5.69 Å². The molecule has 0 atom stereocenters. The Kier molecular flexibility index (Phi) is 5.40. The predicted octanol–water partition coefficient (Wildman–Crippen LogP) is 2.63. The number of carbonyl (C=O) groups is 1. The third-order valence-electron chi connectivity index (χ3n) is 4.32. The highest BCUT2D eigenvalue weighted by atomic mass is 32.2. The molecule has 0 N–H and O–H groups in total. The van der Waals surface area contributed by atoms with Gasteiger partial charge in [-0.2, -0.15) is 0 Å². The van der Waals surface area contributed by atoms with Crippen molar-refractivity contribution in [2.24, 2.45) is 5.92 Å². The predicted molar refractivity (Wildman–Crippen MR) is 93.6 cm³/mol. The average molecular weight is 346 g/mol. The Morgan fingerprint density at radius 3 is 2.83 bits per heavy atom. The first-order chi connectivity index (χ1) is 11.7. The summed E-state index contributed by atoms with van der Waals surface area (Å²) in [5.41, 5.74) is 0.867. The molecule has 1 amide bonds. The fraction of sp³-hybridized carbons (Fsp3) is 0.471. The van der Waals surface area contributed by atoms with Crippen LogP contribution in [0.1, 0.15) is 19.8 Å². The molecule has 0 radical (unpaired) electrons. The van der Waals surface area contributed by atoms with E-state index in [4.69, 9.17) is 4.74 Å². The lowest BCUT2D eigenvalue weighted by Gasteiger charge is -2.30. The van der Waals surface area contributed by atoms with Gasteiger partial charge in [0.25, 0.3) is 0 Å². The van der Waals surface area contributed by atoms with Gasteiger partial charge in [-0.15, -0.1) is 10.2 Å². The van der Waals surface area contributed by atoms with E-state index in [1.165, 1.54) is 11.8 Å². The normalized spacial score (nSPS) is 15.5. The van der Waals surface area contributed by atoms with E-state index in [2.05, 4.69) is 17.1 Å². The fourth-order valence-corrected chi connectivity index (χ4v) is 3.62. The molecular weight excluding hydrogens is 324 g/mol. The van der Waals surface area contributed by atoms with Crippen LogP contribution in [0, 0.1) is 5.92 Å². The molecule has 7 heteroatoms. The van der Waals surface area contributed by atoms with Gasteiger partial charge < -0.3 is 9.64 Å². The van der Waals surface area contributed by atoms with Crippen molar-refractivity contribution in [3.05, 3.63) is 30.6 Å². The molecule has 0 unspecified atom stereocenters. The van der Waals surface area contributed by atoms with E-state index in [0.717, 1.165) is 43.3 Å². The minimum absolute atomic E-state index is 0.168. The Labute approximate surface area is 146 Å². The van der Waals surface area contributed by atoms with Gasteiger partial charge in [0, 0.05) is 13.1 Å². The number of hydrogen-bond acceptors (Lipinski definition) is 5. The van der Waals surface area contributed by atoms with Crippen LogP contribution in [0.2, 0.25) is 0 Å². The lowest BCUT2D eigenvalue weighted by Crippen LogP contribution is -2.38. The Bertz CT molecular complexity index is 695. The summed E-state index contributed by atoms with van der Waals surface area (Å²) in [5, 5.41) is 8.83. The molecule has 2 aromatic rings. The number of aromatic nitrogens is 3. The number of carbonyl (C=O) groups excluding carboxylic acids is 1. The van der Waals surface area contributed by atoms with Crippen LogP contribution in [0.4, 0.5) is 0 Å². The molecule has 1 fully saturated rings. The van der Waals surface area contributed by atoms with E-state index in [-0.39, 0.29) is 5.91 Å². The number of ether oxygens (including phenoxy) is 1. The maximum Gasteiger partial charge on any atom is 0.233 e. The molecule has 6 nitrogen and oxygen atoms in total. The highest BCUT2D eigenvalue weighted by Gasteiger charge is 2.21. The highest BCUT2D eigenvalue weighted by Crippen LogP contribution is 2.27. The number of methoxy groups -OCH3 is 1. The quantitative estimate of drug-likeness (QED) is 0.779. The van der Waals surface area contributed by atoms with Crippen molar-refractivity contribution in [1.82, 2.24) is 19.7 Å². The molecule has 1 saturated heterocycles. The van der Waals surface area contributed by atoms with Gasteiger partial charge in [-0.05, 0) is 30.9 Å². The van der Waals surface area contributed by atoms with Crippen LogP contribution in [0.3, 0.4) is 0 Å². The Morgan fingerprint density at radius 2 is 2.08 bits per heavy atom. The Morgan fingerprint density at radius 1 is 1.33 bits per heavy atom. The molecule has 0 aliphatic carbocycles. The number of piperidine rings is 1. The number of hydrogen-bond donors (Lipinski definition) is 0. The van der Waals surface area contributed by atoms with Crippen LogP contribution >= 0.6 is 11.8 Å². The van der Waals surface area contributed by atoms with E-state index in [9.17, 15) is 4.79 Å². The second kappa shape index (κ2) is 7.70. The second-order valence-corrected chi connectivity index (χ2v) is 6.95. The van der Waals surface area contributed by atoms with E-state index < -0.39 is 0 Å². The monoisotopic (exact) mass is 346 g/mol. The van der Waals surface area contributed by atoms with Crippen molar-refractivity contribution in [1.29, 1.82) is 0 Å². The van der Waals surface area contributed by atoms with Gasteiger partial charge in [0.2, 0.25) is 5.91 Å². The molecule has 0 saturated carbocycles. The summed E-state index contributed by atoms with van der Waals surface area (Å²) in [6.07, 6.45) is 3.83. The van der Waals surface area contributed by atoms with Gasteiger partial charge in [0.05, 0.1) is 18.6 Å². The van der Waals surface area contributed by atoms with Gasteiger partial charge in [-0.1, -0.05) is 30.8 Å². The molecule has 24 heavy (non-hydrogen) atoms. The number of likely N-dealkylation sites (tertiary alicyclic amines) is 1. The van der Waals surface area contributed by atoms with Crippen LogP contribution in [-0.4, -0.2) is 51.5 Å². The maximum absolute atomic E-state index is 12.4. The summed E-state index contributed by atoms with van der Waals surface area (Å²) in [4.78, 5) is 14.3. The average Bonchev–Trinajstić information content (AvgIpc) is 3.08. The van der Waals surface area contributed by atoms with Crippen molar-refractivity contribution in [2.75, 3.05) is 26.0 Å². The van der Waals surface area contributed by atoms with Crippen molar-refractivity contribution < 1.29 is 9.53 Å². The molecule has 1 aromatic heterocycles. The SMILES string of the molecule is COc1ccccc1-n1cnnc1SCC(=O)N1CCC(C)CC1. The molecule has 1 aromatic carbocycles. The van der Waals surface area contributed by atoms with E-state index >= 15 is 0 Å². The minimum Gasteiger partial charge on any atom is -0.495 e. The highest BCUT2D eigenvalue weighted by molar-refractivity contribution is 7.99. The largest absolute Gasteiger partial charge is 0.495 e. The van der Waals surface area contributed by atoms with Crippen LogP contribution < -0.4 is 4.74 Å². The molecule has 3 rings (SSSR count). The summed E-state index contributed by atoms with van der Waals surface area (Å²) in [6.45, 7) is 3.96. The lowest BCUT2D eigenvalue weighted by atomic mass is 9.99. The van der Waals surface area contributed by atoms with Crippen molar-refractivity contribution in [3.63, 3.8) is 0 Å². The first-order valence-corrected chi connectivity index (χ1v) is 9.11. The van der Waals surface area contributed by atoms with Gasteiger partial charge in [0.1, 0.15) is 12.1 Å². The van der Waals surface area contributed by atoms with Gasteiger partial charge in [-0.25, -0.2) is 0 Å². The first kappa shape index (κ1) is 16.8. The lowest BCUT2D eigenvalue weighted by molar-refractivity contribution is -0.129. The summed E-state index contributed by atoms with van der Waals surface area (Å²) >= 11 is 1.41. The molecular formula is C17H22N4O2S. The summed E-state index contributed by atoms with van der Waals surface area (Å²) in [6, 6.07) is 7.69. The molecule has 2 heterocycles. The van der Waals surface area contributed by atoms with Crippen LogP contribution in [-0.2, 0) is 4.79 Å². The third kappa shape index (κ3) is 3.72. The molecule has 1 aliphatic rings. The first-order valence-electron chi connectivity index (χ1n) is 8.13. The summed E-state index contributed by atoms with van der Waals surface area (Å²) < 4.78 is 7.25. The summed E-state index contributed by atoms with van der Waals surface area (Å²) in [7, 11) is 1.64. The Hall–Kier alpha value is -2.02. The number of nitrogens with zero attached hydrogens (tertiary/aromatic N) is 4. The number of para-hydroxylation sites is 2. The zero-order chi connectivity index (χ0) is 16.9. The third-order valence-corrected chi connectivity index (χ3v) is 5.25. The maximum atomic E-state index is 12.4. The smallest absolute Gasteiger partial charge is 0.233 e. The van der Waals surface area contributed by atoms with Crippen molar-refractivity contribution in [3.8, 4) is 11.4 Å². The standard InChI is InChI=1S/C17H22N4O2S/c1-13-7-9-20(10-8-13)16(22)11-24-17-19-18-12-21(17)14-5-3-4-6-15(14)23-2/h3-6,12-13H,7-11H2,1-2H3. The second-order valence-electron chi connectivity index (χ2n) is 6.01. The van der Waals surface area contributed by atoms with E-state index in [1.807, 2.05) is 33.7 Å².